The first-order chi connectivity index (χ1) is 12.2. The second-order valence-electron chi connectivity index (χ2n) is 6.80. The third-order valence-electron chi connectivity index (χ3n) is 4.31. The predicted molar refractivity (Wildman–Crippen MR) is 104 cm³/mol. The molecule has 6 nitrogen and oxygen atoms in total. The highest BCUT2D eigenvalue weighted by atomic mass is 32.2. The van der Waals surface area contributed by atoms with Crippen molar-refractivity contribution in [3.8, 4) is 5.75 Å². The predicted octanol–water partition coefficient (Wildman–Crippen LogP) is 3.28. The van der Waals surface area contributed by atoms with Gasteiger partial charge in [0.05, 0.1) is 17.6 Å². The summed E-state index contributed by atoms with van der Waals surface area (Å²) in [6.45, 7) is 10.5. The first-order valence-corrected chi connectivity index (χ1v) is 10.6. The molecule has 0 aliphatic heterocycles. The van der Waals surface area contributed by atoms with Crippen LogP contribution >= 0.6 is 0 Å². The SMILES string of the molecule is CCN(CC)S(=O)(=O)c1ccc(OC)c(C(=O)NC(C)CCC(C)C)c1. The quantitative estimate of drug-likeness (QED) is 0.672. The number of amides is 1. The van der Waals surface area contributed by atoms with Crippen LogP contribution in [0.5, 0.6) is 5.75 Å². The molecule has 0 saturated heterocycles. The highest BCUT2D eigenvalue weighted by Crippen LogP contribution is 2.25. The van der Waals surface area contributed by atoms with E-state index in [4.69, 9.17) is 4.74 Å². The first kappa shape index (κ1) is 22.4. The minimum Gasteiger partial charge on any atom is -0.496 e. The van der Waals surface area contributed by atoms with E-state index in [1.807, 2.05) is 6.92 Å². The number of benzene rings is 1. The number of hydrogen-bond acceptors (Lipinski definition) is 4. The van der Waals surface area contributed by atoms with Gasteiger partial charge in [-0.1, -0.05) is 27.7 Å². The van der Waals surface area contributed by atoms with Gasteiger partial charge in [0.1, 0.15) is 5.75 Å². The Morgan fingerprint density at radius 3 is 2.27 bits per heavy atom. The molecule has 1 N–H and O–H groups in total. The number of ether oxygens (including phenoxy) is 1. The molecular formula is C19H32N2O4S. The van der Waals surface area contributed by atoms with Crippen molar-refractivity contribution in [2.45, 2.75) is 58.4 Å². The van der Waals surface area contributed by atoms with Gasteiger partial charge < -0.3 is 10.1 Å². The van der Waals surface area contributed by atoms with E-state index in [-0.39, 0.29) is 22.4 Å². The Morgan fingerprint density at radius 1 is 1.15 bits per heavy atom. The molecule has 7 heteroatoms. The van der Waals surface area contributed by atoms with Crippen molar-refractivity contribution >= 4 is 15.9 Å². The Hall–Kier alpha value is -1.60. The number of sulfonamides is 1. The molecule has 1 aromatic carbocycles. The summed E-state index contributed by atoms with van der Waals surface area (Å²) in [5, 5.41) is 2.93. The van der Waals surface area contributed by atoms with Crippen LogP contribution in [0.15, 0.2) is 23.1 Å². The van der Waals surface area contributed by atoms with Crippen LogP contribution in [0.2, 0.25) is 0 Å². The molecule has 0 radical (unpaired) electrons. The van der Waals surface area contributed by atoms with Gasteiger partial charge in [0.25, 0.3) is 5.91 Å². The average molecular weight is 385 g/mol. The van der Waals surface area contributed by atoms with Crippen molar-refractivity contribution in [3.05, 3.63) is 23.8 Å². The van der Waals surface area contributed by atoms with Gasteiger partial charge in [0.15, 0.2) is 0 Å². The zero-order valence-electron chi connectivity index (χ0n) is 16.7. The van der Waals surface area contributed by atoms with Crippen LogP contribution in [0, 0.1) is 5.92 Å². The minimum atomic E-state index is -3.63. The smallest absolute Gasteiger partial charge is 0.255 e. The second-order valence-corrected chi connectivity index (χ2v) is 8.74. The van der Waals surface area contributed by atoms with Crippen molar-refractivity contribution in [2.24, 2.45) is 5.92 Å². The van der Waals surface area contributed by atoms with Gasteiger partial charge in [-0.25, -0.2) is 8.42 Å². The Bertz CT molecular complexity index is 697. The lowest BCUT2D eigenvalue weighted by Gasteiger charge is -2.20. The van der Waals surface area contributed by atoms with Crippen molar-refractivity contribution in [3.63, 3.8) is 0 Å². The average Bonchev–Trinajstić information content (AvgIpc) is 2.60. The summed E-state index contributed by atoms with van der Waals surface area (Å²) >= 11 is 0. The maximum atomic E-state index is 12.7. The Morgan fingerprint density at radius 2 is 1.77 bits per heavy atom. The van der Waals surface area contributed by atoms with Crippen LogP contribution in [0.3, 0.4) is 0 Å². The van der Waals surface area contributed by atoms with E-state index in [1.165, 1.54) is 29.6 Å². The largest absolute Gasteiger partial charge is 0.496 e. The topological polar surface area (TPSA) is 75.7 Å². The molecular weight excluding hydrogens is 352 g/mol. The van der Waals surface area contributed by atoms with Crippen molar-refractivity contribution in [1.29, 1.82) is 0 Å². The Kier molecular flexibility index (Phi) is 8.56. The van der Waals surface area contributed by atoms with E-state index in [0.29, 0.717) is 24.8 Å². The molecule has 26 heavy (non-hydrogen) atoms. The normalized spacial score (nSPS) is 13.1. The summed E-state index contributed by atoms with van der Waals surface area (Å²) in [7, 11) is -2.17. The molecule has 1 atom stereocenters. The first-order valence-electron chi connectivity index (χ1n) is 9.16. The summed E-state index contributed by atoms with van der Waals surface area (Å²) in [5.41, 5.74) is 0.233. The molecule has 0 spiro atoms. The lowest BCUT2D eigenvalue weighted by atomic mass is 10.0. The molecule has 148 valence electrons. The van der Waals surface area contributed by atoms with Crippen LogP contribution < -0.4 is 10.1 Å². The van der Waals surface area contributed by atoms with Crippen LogP contribution in [0.25, 0.3) is 0 Å². The monoisotopic (exact) mass is 384 g/mol. The van der Waals surface area contributed by atoms with Gasteiger partial charge in [0.2, 0.25) is 10.0 Å². The van der Waals surface area contributed by atoms with Crippen molar-refractivity contribution in [2.75, 3.05) is 20.2 Å². The van der Waals surface area contributed by atoms with Gasteiger partial charge in [0, 0.05) is 19.1 Å². The number of rotatable bonds is 10. The molecule has 0 heterocycles. The molecule has 1 unspecified atom stereocenters. The second kappa shape index (κ2) is 9.92. The maximum Gasteiger partial charge on any atom is 0.255 e. The molecule has 0 saturated carbocycles. The summed E-state index contributed by atoms with van der Waals surface area (Å²) in [5.74, 6) is 0.596. The van der Waals surface area contributed by atoms with E-state index in [2.05, 4.69) is 19.2 Å². The lowest BCUT2D eigenvalue weighted by Crippen LogP contribution is -2.34. The van der Waals surface area contributed by atoms with E-state index in [9.17, 15) is 13.2 Å². The fourth-order valence-electron chi connectivity index (χ4n) is 2.69. The zero-order valence-corrected chi connectivity index (χ0v) is 17.5. The third kappa shape index (κ3) is 5.71. The van der Waals surface area contributed by atoms with Crippen molar-refractivity contribution < 1.29 is 17.9 Å². The highest BCUT2D eigenvalue weighted by Gasteiger charge is 2.24. The standard InChI is InChI=1S/C19H32N2O4S/c1-7-21(8-2)26(23,24)16-11-12-18(25-6)17(13-16)19(22)20-15(5)10-9-14(3)4/h11-15H,7-10H2,1-6H3,(H,20,22). The van der Waals surface area contributed by atoms with Crippen LogP contribution in [0.1, 0.15) is 57.8 Å². The van der Waals surface area contributed by atoms with Gasteiger partial charge in [-0.3, -0.25) is 4.79 Å². The Balaban J connectivity index is 3.12. The lowest BCUT2D eigenvalue weighted by molar-refractivity contribution is 0.0934. The zero-order chi connectivity index (χ0) is 19.9. The van der Waals surface area contributed by atoms with Gasteiger partial charge in [-0.05, 0) is 43.9 Å². The summed E-state index contributed by atoms with van der Waals surface area (Å²) in [6, 6.07) is 4.41. The van der Waals surface area contributed by atoms with Crippen LogP contribution in [-0.4, -0.2) is 44.9 Å². The number of hydrogen-bond donors (Lipinski definition) is 1. The number of nitrogens with one attached hydrogen (secondary N) is 1. The van der Waals surface area contributed by atoms with Crippen LogP contribution in [0.4, 0.5) is 0 Å². The summed E-state index contributed by atoms with van der Waals surface area (Å²) in [6.07, 6.45) is 1.87. The molecule has 0 aromatic heterocycles. The fraction of sp³-hybridized carbons (Fsp3) is 0.632. The molecule has 0 aliphatic rings. The van der Waals surface area contributed by atoms with E-state index >= 15 is 0 Å². The summed E-state index contributed by atoms with van der Waals surface area (Å²) < 4.78 is 32.1. The minimum absolute atomic E-state index is 0.00217. The molecule has 0 aliphatic carbocycles. The van der Waals surface area contributed by atoms with Gasteiger partial charge >= 0.3 is 0 Å². The summed E-state index contributed by atoms with van der Waals surface area (Å²) in [4.78, 5) is 12.8. The number of methoxy groups -OCH3 is 1. The number of carbonyl (C=O) groups excluding carboxylic acids is 1. The molecule has 0 fully saturated rings. The van der Waals surface area contributed by atoms with Crippen LogP contribution in [-0.2, 0) is 10.0 Å². The number of carbonyl (C=O) groups is 1. The molecule has 1 aromatic rings. The van der Waals surface area contributed by atoms with Gasteiger partial charge in [-0.15, -0.1) is 0 Å². The van der Waals surface area contributed by atoms with E-state index in [1.54, 1.807) is 13.8 Å². The molecule has 1 amide bonds. The maximum absolute atomic E-state index is 12.7. The van der Waals surface area contributed by atoms with E-state index < -0.39 is 10.0 Å². The van der Waals surface area contributed by atoms with Crippen molar-refractivity contribution in [1.82, 2.24) is 9.62 Å². The molecule has 0 bridgehead atoms. The highest BCUT2D eigenvalue weighted by molar-refractivity contribution is 7.89. The fourth-order valence-corrected chi connectivity index (χ4v) is 4.18. The Labute approximate surface area is 158 Å². The number of nitrogens with zero attached hydrogens (tertiary/aromatic N) is 1. The molecule has 1 rings (SSSR count). The van der Waals surface area contributed by atoms with Gasteiger partial charge in [-0.2, -0.15) is 4.31 Å². The third-order valence-corrected chi connectivity index (χ3v) is 6.36. The van der Waals surface area contributed by atoms with E-state index in [0.717, 1.165) is 12.8 Å².